The Kier molecular flexibility index (Phi) is 7.18. The van der Waals surface area contributed by atoms with Crippen molar-refractivity contribution in [2.75, 3.05) is 0 Å². The van der Waals surface area contributed by atoms with Crippen molar-refractivity contribution in [3.63, 3.8) is 0 Å². The Morgan fingerprint density at radius 3 is 2.20 bits per heavy atom. The van der Waals surface area contributed by atoms with E-state index in [1.54, 1.807) is 24.5 Å². The summed E-state index contributed by atoms with van der Waals surface area (Å²) in [4.78, 5) is 18.1. The third kappa shape index (κ3) is 5.66. The molecule has 0 fully saturated rings. The summed E-state index contributed by atoms with van der Waals surface area (Å²) in [6.45, 7) is 5.71. The third-order valence-electron chi connectivity index (χ3n) is 6.05. The molecule has 6 rings (SSSR count). The fourth-order valence-corrected chi connectivity index (χ4v) is 4.10. The number of hydrogen-bond acceptors (Lipinski definition) is 10. The molecule has 0 amide bonds. The maximum absolute atomic E-state index is 6.10. The normalized spacial score (nSPS) is 15.1. The predicted molar refractivity (Wildman–Crippen MR) is 155 cm³/mol. The van der Waals surface area contributed by atoms with Crippen molar-refractivity contribution < 1.29 is 9.15 Å². The summed E-state index contributed by atoms with van der Waals surface area (Å²) in [5, 5.41) is 12.9. The quantitative estimate of drug-likeness (QED) is 0.243. The Bertz CT molecular complexity index is 1780. The SMILES string of the molecule is C=C/C=C(\C=C(/C)C1=NNC(c2cccc(-c3ccccn3)n2)O1)c1nnc(-c2cccc(-c3ccccn3)n2)o1. The van der Waals surface area contributed by atoms with Crippen LogP contribution in [0.25, 0.3) is 39.9 Å². The molecule has 1 N–H and O–H groups in total. The molecule has 0 radical (unpaired) electrons. The average molecular weight is 541 g/mol. The van der Waals surface area contributed by atoms with Crippen LogP contribution in [0.5, 0.6) is 0 Å². The van der Waals surface area contributed by atoms with Crippen LogP contribution in [0.15, 0.2) is 125 Å². The molecule has 10 heteroatoms. The highest BCUT2D eigenvalue weighted by molar-refractivity contribution is 5.96. The van der Waals surface area contributed by atoms with Gasteiger partial charge in [-0.05, 0) is 61.5 Å². The third-order valence-corrected chi connectivity index (χ3v) is 6.05. The largest absolute Gasteiger partial charge is 0.445 e. The minimum Gasteiger partial charge on any atom is -0.445 e. The predicted octanol–water partition coefficient (Wildman–Crippen LogP) is 5.80. The van der Waals surface area contributed by atoms with Crippen molar-refractivity contribution >= 4 is 11.5 Å². The standard InChI is InChI=1S/C31H24N8O2/c1-3-10-21(29-37-39-31(41-29)27-16-9-14-25(35-27)23-12-5-7-18-33-23)19-20(2)28-36-38-30(40-28)26-15-8-13-24(34-26)22-11-4-6-17-32-22/h3-19,30,38H,1H2,2H3/b20-19+,21-10+. The molecule has 0 saturated heterocycles. The number of hydrazone groups is 1. The molecule has 41 heavy (non-hydrogen) atoms. The van der Waals surface area contributed by atoms with Gasteiger partial charge in [0.1, 0.15) is 11.4 Å². The van der Waals surface area contributed by atoms with E-state index in [4.69, 9.17) is 14.1 Å². The zero-order valence-electron chi connectivity index (χ0n) is 22.0. The van der Waals surface area contributed by atoms with Crippen molar-refractivity contribution in [3.05, 3.63) is 127 Å². The second kappa shape index (κ2) is 11.5. The molecule has 5 aromatic heterocycles. The first-order chi connectivity index (χ1) is 20.2. The van der Waals surface area contributed by atoms with Crippen molar-refractivity contribution in [1.82, 2.24) is 35.6 Å². The summed E-state index contributed by atoms with van der Waals surface area (Å²) >= 11 is 0. The van der Waals surface area contributed by atoms with E-state index in [1.165, 1.54) is 0 Å². The fourth-order valence-electron chi connectivity index (χ4n) is 4.10. The van der Waals surface area contributed by atoms with Crippen LogP contribution in [-0.4, -0.2) is 36.0 Å². The van der Waals surface area contributed by atoms with Crippen molar-refractivity contribution in [2.24, 2.45) is 5.10 Å². The first-order valence-corrected chi connectivity index (χ1v) is 12.8. The second-order valence-electron chi connectivity index (χ2n) is 8.93. The molecule has 0 saturated carbocycles. The van der Waals surface area contributed by atoms with Crippen LogP contribution in [0.2, 0.25) is 0 Å². The highest BCUT2D eigenvalue weighted by Gasteiger charge is 2.24. The van der Waals surface area contributed by atoms with Gasteiger partial charge in [-0.1, -0.05) is 43.0 Å². The van der Waals surface area contributed by atoms with Crippen LogP contribution in [0.3, 0.4) is 0 Å². The number of nitrogens with one attached hydrogen (secondary N) is 1. The molecule has 6 heterocycles. The van der Waals surface area contributed by atoms with Crippen LogP contribution >= 0.6 is 0 Å². The Labute approximate surface area is 235 Å². The van der Waals surface area contributed by atoms with E-state index in [2.05, 4.69) is 42.3 Å². The highest BCUT2D eigenvalue weighted by atomic mass is 16.5. The van der Waals surface area contributed by atoms with E-state index in [-0.39, 0.29) is 5.89 Å². The van der Waals surface area contributed by atoms with E-state index in [0.29, 0.717) is 34.4 Å². The van der Waals surface area contributed by atoms with E-state index in [0.717, 1.165) is 22.7 Å². The lowest BCUT2D eigenvalue weighted by Gasteiger charge is -2.12. The summed E-state index contributed by atoms with van der Waals surface area (Å²) in [6.07, 6.45) is 8.18. The first kappa shape index (κ1) is 25.5. The Morgan fingerprint density at radius 2 is 1.49 bits per heavy atom. The molecule has 5 aromatic rings. The second-order valence-corrected chi connectivity index (χ2v) is 8.93. The van der Waals surface area contributed by atoms with Gasteiger partial charge in [0.15, 0.2) is 0 Å². The summed E-state index contributed by atoms with van der Waals surface area (Å²) < 4.78 is 12.1. The Hall–Kier alpha value is -5.77. The van der Waals surface area contributed by atoms with Crippen LogP contribution in [0.4, 0.5) is 0 Å². The van der Waals surface area contributed by atoms with E-state index in [9.17, 15) is 0 Å². The molecule has 1 aliphatic rings. The van der Waals surface area contributed by atoms with Crippen LogP contribution in [-0.2, 0) is 4.74 Å². The van der Waals surface area contributed by atoms with Gasteiger partial charge in [-0.15, -0.1) is 15.3 Å². The molecule has 0 aliphatic carbocycles. The number of aromatic nitrogens is 6. The van der Waals surface area contributed by atoms with Gasteiger partial charge in [0.25, 0.3) is 5.89 Å². The van der Waals surface area contributed by atoms with Crippen LogP contribution in [0, 0.1) is 0 Å². The van der Waals surface area contributed by atoms with Gasteiger partial charge >= 0.3 is 0 Å². The summed E-state index contributed by atoms with van der Waals surface area (Å²) in [5.41, 5.74) is 8.60. The van der Waals surface area contributed by atoms with Crippen molar-refractivity contribution in [2.45, 2.75) is 13.2 Å². The molecule has 0 aromatic carbocycles. The van der Waals surface area contributed by atoms with Crippen molar-refractivity contribution in [1.29, 1.82) is 0 Å². The number of hydrogen-bond donors (Lipinski definition) is 1. The smallest absolute Gasteiger partial charge is 0.266 e. The number of allylic oxidation sites excluding steroid dienone is 4. The Balaban J connectivity index is 1.19. The summed E-state index contributed by atoms with van der Waals surface area (Å²) in [5.74, 6) is 1.01. The number of rotatable bonds is 8. The van der Waals surface area contributed by atoms with Gasteiger partial charge in [0, 0.05) is 23.5 Å². The monoisotopic (exact) mass is 540 g/mol. The number of pyridine rings is 4. The topological polar surface area (TPSA) is 124 Å². The lowest BCUT2D eigenvalue weighted by Crippen LogP contribution is -2.14. The molecule has 0 bridgehead atoms. The van der Waals surface area contributed by atoms with Crippen molar-refractivity contribution in [3.8, 4) is 34.4 Å². The van der Waals surface area contributed by atoms with Gasteiger partial charge in [-0.25, -0.2) is 9.97 Å². The molecule has 10 nitrogen and oxygen atoms in total. The minimum absolute atomic E-state index is 0.286. The summed E-state index contributed by atoms with van der Waals surface area (Å²) in [7, 11) is 0. The molecule has 1 unspecified atom stereocenters. The van der Waals surface area contributed by atoms with Crippen LogP contribution < -0.4 is 5.43 Å². The maximum Gasteiger partial charge on any atom is 0.266 e. The van der Waals surface area contributed by atoms with Gasteiger partial charge in [-0.2, -0.15) is 0 Å². The Morgan fingerprint density at radius 1 is 0.805 bits per heavy atom. The molecule has 1 aliphatic heterocycles. The number of ether oxygens (including phenoxy) is 1. The van der Waals surface area contributed by atoms with E-state index >= 15 is 0 Å². The zero-order valence-corrected chi connectivity index (χ0v) is 22.0. The van der Waals surface area contributed by atoms with Gasteiger partial charge in [-0.3, -0.25) is 15.4 Å². The lowest BCUT2D eigenvalue weighted by atomic mass is 10.1. The van der Waals surface area contributed by atoms with Gasteiger partial charge in [0.05, 0.1) is 22.8 Å². The molecular weight excluding hydrogens is 516 g/mol. The average Bonchev–Trinajstić information content (AvgIpc) is 3.73. The number of nitrogens with zero attached hydrogens (tertiary/aromatic N) is 7. The molecule has 0 spiro atoms. The van der Waals surface area contributed by atoms with Gasteiger partial charge < -0.3 is 9.15 Å². The molecular formula is C31H24N8O2. The minimum atomic E-state index is -0.545. The fraction of sp³-hybridized carbons (Fsp3) is 0.0645. The lowest BCUT2D eigenvalue weighted by molar-refractivity contribution is 0.186. The van der Waals surface area contributed by atoms with Crippen LogP contribution in [0.1, 0.15) is 24.7 Å². The molecule has 200 valence electrons. The van der Waals surface area contributed by atoms with Gasteiger partial charge in [0.2, 0.25) is 18.0 Å². The summed E-state index contributed by atoms with van der Waals surface area (Å²) in [6, 6.07) is 22.6. The first-order valence-electron chi connectivity index (χ1n) is 12.8. The maximum atomic E-state index is 6.10. The highest BCUT2D eigenvalue weighted by Crippen LogP contribution is 2.26. The van der Waals surface area contributed by atoms with E-state index < -0.39 is 6.23 Å². The molecule has 1 atom stereocenters. The zero-order chi connectivity index (χ0) is 28.0. The van der Waals surface area contributed by atoms with E-state index in [1.807, 2.05) is 85.8 Å².